The lowest BCUT2D eigenvalue weighted by molar-refractivity contribution is -0.123. The number of hydrazone groups is 1. The standard InChI is InChI=1S/C20H18N2O3/c1-15(18-12-7-13-24-18)21-22-20(23)14-25-19-11-6-5-10-17(19)16-8-3-2-4-9-16/h2-13H,14H2,1H3,(H,22,23)/b21-15+. The number of carbonyl (C=O) groups excluding carboxylic acids is 1. The molecular formula is C20H18N2O3. The van der Waals surface area contributed by atoms with Crippen LogP contribution in [0.3, 0.4) is 0 Å². The fraction of sp³-hybridized carbons (Fsp3) is 0.100. The number of nitrogens with zero attached hydrogens (tertiary/aromatic N) is 1. The maximum absolute atomic E-state index is 12.0. The van der Waals surface area contributed by atoms with Crippen molar-refractivity contribution in [2.75, 3.05) is 6.61 Å². The second-order valence-electron chi connectivity index (χ2n) is 5.36. The Kier molecular flexibility index (Phi) is 5.26. The van der Waals surface area contributed by atoms with E-state index in [0.29, 0.717) is 17.2 Å². The van der Waals surface area contributed by atoms with Gasteiger partial charge in [-0.1, -0.05) is 48.5 Å². The summed E-state index contributed by atoms with van der Waals surface area (Å²) < 4.78 is 10.9. The largest absolute Gasteiger partial charge is 0.483 e. The number of rotatable bonds is 6. The zero-order valence-corrected chi connectivity index (χ0v) is 13.8. The molecule has 0 atom stereocenters. The number of hydrogen-bond acceptors (Lipinski definition) is 4. The highest BCUT2D eigenvalue weighted by atomic mass is 16.5. The molecule has 0 aliphatic rings. The van der Waals surface area contributed by atoms with Crippen LogP contribution < -0.4 is 10.2 Å². The van der Waals surface area contributed by atoms with Gasteiger partial charge in [-0.15, -0.1) is 0 Å². The smallest absolute Gasteiger partial charge is 0.277 e. The number of benzene rings is 2. The van der Waals surface area contributed by atoms with Crippen LogP contribution in [0.5, 0.6) is 5.75 Å². The van der Waals surface area contributed by atoms with Gasteiger partial charge in [0.1, 0.15) is 17.2 Å². The number of ether oxygens (including phenoxy) is 1. The lowest BCUT2D eigenvalue weighted by Crippen LogP contribution is -2.25. The number of para-hydroxylation sites is 1. The van der Waals surface area contributed by atoms with Crippen molar-refractivity contribution in [3.8, 4) is 16.9 Å². The molecule has 0 saturated carbocycles. The molecule has 126 valence electrons. The minimum absolute atomic E-state index is 0.126. The van der Waals surface area contributed by atoms with Crippen LogP contribution in [0.25, 0.3) is 11.1 Å². The summed E-state index contributed by atoms with van der Waals surface area (Å²) in [4.78, 5) is 12.0. The van der Waals surface area contributed by atoms with E-state index in [4.69, 9.17) is 9.15 Å². The highest BCUT2D eigenvalue weighted by Gasteiger charge is 2.08. The third-order valence-corrected chi connectivity index (χ3v) is 3.56. The summed E-state index contributed by atoms with van der Waals surface area (Å²) in [7, 11) is 0. The van der Waals surface area contributed by atoms with E-state index in [1.807, 2.05) is 54.6 Å². The quantitative estimate of drug-likeness (QED) is 0.550. The summed E-state index contributed by atoms with van der Waals surface area (Å²) in [6.07, 6.45) is 1.56. The maximum Gasteiger partial charge on any atom is 0.277 e. The number of nitrogens with one attached hydrogen (secondary N) is 1. The molecule has 0 aliphatic heterocycles. The van der Waals surface area contributed by atoms with Gasteiger partial charge < -0.3 is 9.15 Å². The second-order valence-corrected chi connectivity index (χ2v) is 5.36. The molecular weight excluding hydrogens is 316 g/mol. The van der Waals surface area contributed by atoms with E-state index >= 15 is 0 Å². The lowest BCUT2D eigenvalue weighted by atomic mass is 10.1. The molecule has 0 unspecified atom stereocenters. The molecule has 0 fully saturated rings. The molecule has 0 spiro atoms. The Balaban J connectivity index is 1.62. The molecule has 2 aromatic carbocycles. The van der Waals surface area contributed by atoms with Gasteiger partial charge in [-0.05, 0) is 30.7 Å². The van der Waals surface area contributed by atoms with E-state index in [-0.39, 0.29) is 12.5 Å². The molecule has 5 heteroatoms. The van der Waals surface area contributed by atoms with Crippen molar-refractivity contribution in [1.29, 1.82) is 0 Å². The van der Waals surface area contributed by atoms with Crippen molar-refractivity contribution < 1.29 is 13.9 Å². The first-order valence-electron chi connectivity index (χ1n) is 7.88. The molecule has 1 N–H and O–H groups in total. The molecule has 3 aromatic rings. The summed E-state index contributed by atoms with van der Waals surface area (Å²) in [5.74, 6) is 0.917. The molecule has 1 heterocycles. The van der Waals surface area contributed by atoms with Gasteiger partial charge in [0, 0.05) is 5.56 Å². The van der Waals surface area contributed by atoms with Gasteiger partial charge in [0.25, 0.3) is 5.91 Å². The van der Waals surface area contributed by atoms with Crippen LogP contribution in [0.4, 0.5) is 0 Å². The average molecular weight is 334 g/mol. The number of hydrogen-bond donors (Lipinski definition) is 1. The first-order valence-corrected chi connectivity index (χ1v) is 7.88. The molecule has 0 saturated heterocycles. The summed E-state index contributed by atoms with van der Waals surface area (Å²) in [6, 6.07) is 21.0. The maximum atomic E-state index is 12.0. The SMILES string of the molecule is C/C(=N\NC(=O)COc1ccccc1-c1ccccc1)c1ccco1. The van der Waals surface area contributed by atoms with E-state index in [9.17, 15) is 4.79 Å². The van der Waals surface area contributed by atoms with Crippen molar-refractivity contribution in [1.82, 2.24) is 5.43 Å². The molecule has 1 aromatic heterocycles. The Morgan fingerprint density at radius 2 is 1.80 bits per heavy atom. The van der Waals surface area contributed by atoms with Gasteiger partial charge in [-0.3, -0.25) is 4.79 Å². The summed E-state index contributed by atoms with van der Waals surface area (Å²) in [6.45, 7) is 1.63. The van der Waals surface area contributed by atoms with Gasteiger partial charge in [-0.25, -0.2) is 5.43 Å². The zero-order chi connectivity index (χ0) is 17.5. The molecule has 0 radical (unpaired) electrons. The minimum atomic E-state index is -0.339. The van der Waals surface area contributed by atoms with Crippen LogP contribution in [0, 0.1) is 0 Å². The van der Waals surface area contributed by atoms with Crippen molar-refractivity contribution in [3.63, 3.8) is 0 Å². The van der Waals surface area contributed by atoms with Crippen LogP contribution in [-0.2, 0) is 4.79 Å². The number of furan rings is 1. The Bertz CT molecular complexity index is 856. The summed E-state index contributed by atoms with van der Waals surface area (Å²) >= 11 is 0. The Hall–Kier alpha value is -3.34. The van der Waals surface area contributed by atoms with Gasteiger partial charge in [0.2, 0.25) is 0 Å². The molecule has 5 nitrogen and oxygen atoms in total. The van der Waals surface area contributed by atoms with Crippen LogP contribution in [0.2, 0.25) is 0 Å². The fourth-order valence-electron chi connectivity index (χ4n) is 2.31. The van der Waals surface area contributed by atoms with Crippen LogP contribution >= 0.6 is 0 Å². The third kappa shape index (κ3) is 4.35. The molecule has 25 heavy (non-hydrogen) atoms. The van der Waals surface area contributed by atoms with Crippen molar-refractivity contribution in [2.45, 2.75) is 6.92 Å². The predicted molar refractivity (Wildman–Crippen MR) is 96.4 cm³/mol. The third-order valence-electron chi connectivity index (χ3n) is 3.56. The Morgan fingerprint density at radius 3 is 2.56 bits per heavy atom. The summed E-state index contributed by atoms with van der Waals surface area (Å²) in [5.41, 5.74) is 5.02. The molecule has 0 aliphatic carbocycles. The molecule has 0 bridgehead atoms. The van der Waals surface area contributed by atoms with E-state index in [2.05, 4.69) is 10.5 Å². The highest BCUT2D eigenvalue weighted by Crippen LogP contribution is 2.29. The Labute approximate surface area is 145 Å². The van der Waals surface area contributed by atoms with E-state index < -0.39 is 0 Å². The average Bonchev–Trinajstić information content (AvgIpc) is 3.20. The number of carbonyl (C=O) groups is 1. The van der Waals surface area contributed by atoms with E-state index in [1.54, 1.807) is 25.3 Å². The second kappa shape index (κ2) is 7.97. The lowest BCUT2D eigenvalue weighted by Gasteiger charge is -2.11. The monoisotopic (exact) mass is 334 g/mol. The summed E-state index contributed by atoms with van der Waals surface area (Å²) in [5, 5.41) is 4.00. The topological polar surface area (TPSA) is 63.8 Å². The first-order chi connectivity index (χ1) is 12.2. The zero-order valence-electron chi connectivity index (χ0n) is 13.8. The minimum Gasteiger partial charge on any atom is -0.483 e. The van der Waals surface area contributed by atoms with Crippen LogP contribution in [0.15, 0.2) is 82.5 Å². The van der Waals surface area contributed by atoms with Crippen molar-refractivity contribution in [2.24, 2.45) is 5.10 Å². The fourth-order valence-corrected chi connectivity index (χ4v) is 2.31. The molecule has 3 rings (SSSR count). The van der Waals surface area contributed by atoms with Gasteiger partial charge in [0.05, 0.1) is 6.26 Å². The van der Waals surface area contributed by atoms with Gasteiger partial charge >= 0.3 is 0 Å². The van der Waals surface area contributed by atoms with E-state index in [0.717, 1.165) is 11.1 Å². The number of amides is 1. The normalized spacial score (nSPS) is 11.2. The van der Waals surface area contributed by atoms with Gasteiger partial charge in [0.15, 0.2) is 6.61 Å². The van der Waals surface area contributed by atoms with Crippen molar-refractivity contribution in [3.05, 3.63) is 78.8 Å². The predicted octanol–water partition coefficient (Wildman–Crippen LogP) is 3.87. The molecule has 1 amide bonds. The van der Waals surface area contributed by atoms with Gasteiger partial charge in [-0.2, -0.15) is 5.10 Å². The van der Waals surface area contributed by atoms with E-state index in [1.165, 1.54) is 0 Å². The Morgan fingerprint density at radius 1 is 1.04 bits per heavy atom. The first kappa shape index (κ1) is 16.5. The van der Waals surface area contributed by atoms with Crippen LogP contribution in [0.1, 0.15) is 12.7 Å². The highest BCUT2D eigenvalue weighted by molar-refractivity contribution is 5.96. The van der Waals surface area contributed by atoms with Crippen LogP contribution in [-0.4, -0.2) is 18.2 Å². The van der Waals surface area contributed by atoms with Crippen molar-refractivity contribution >= 4 is 11.6 Å².